The van der Waals surface area contributed by atoms with E-state index in [4.69, 9.17) is 9.47 Å². The van der Waals surface area contributed by atoms with Crippen molar-refractivity contribution in [1.29, 1.82) is 0 Å². The Morgan fingerprint density at radius 3 is 2.70 bits per heavy atom. The molecule has 1 aromatic rings. The molecule has 1 rings (SSSR count). The first-order valence-electron chi connectivity index (χ1n) is 7.20. The van der Waals surface area contributed by atoms with Crippen molar-refractivity contribution in [2.75, 3.05) is 52.0 Å². The van der Waals surface area contributed by atoms with E-state index in [1.807, 2.05) is 6.20 Å². The van der Waals surface area contributed by atoms with Gasteiger partial charge in [0.2, 0.25) is 0 Å². The number of hydrogen-bond donors (Lipinski definition) is 1. The van der Waals surface area contributed by atoms with E-state index in [9.17, 15) is 0 Å². The molecule has 0 fully saturated rings. The third kappa shape index (κ3) is 6.32. The van der Waals surface area contributed by atoms with Gasteiger partial charge in [-0.05, 0) is 25.1 Å². The molecule has 0 amide bonds. The lowest BCUT2D eigenvalue weighted by atomic mass is 10.2. The minimum absolute atomic E-state index is 0.720. The summed E-state index contributed by atoms with van der Waals surface area (Å²) in [5.41, 5.74) is 2.26. The Morgan fingerprint density at radius 2 is 2.00 bits per heavy atom. The maximum atomic E-state index is 5.19. The zero-order valence-electron chi connectivity index (χ0n) is 12.9. The summed E-state index contributed by atoms with van der Waals surface area (Å²) < 4.78 is 10.3. The van der Waals surface area contributed by atoms with Crippen LogP contribution in [-0.4, -0.2) is 52.1 Å². The lowest BCUT2D eigenvalue weighted by Gasteiger charge is -2.24. The van der Waals surface area contributed by atoms with Crippen LogP contribution in [0.15, 0.2) is 18.3 Å². The van der Waals surface area contributed by atoms with Gasteiger partial charge in [0, 0.05) is 52.3 Å². The van der Waals surface area contributed by atoms with Crippen LogP contribution in [0.1, 0.15) is 19.0 Å². The fraction of sp³-hybridized carbons (Fsp3) is 0.667. The van der Waals surface area contributed by atoms with E-state index in [1.165, 1.54) is 5.69 Å². The summed E-state index contributed by atoms with van der Waals surface area (Å²) in [5, 5.41) is 3.30. The van der Waals surface area contributed by atoms with Gasteiger partial charge in [0.05, 0.1) is 12.3 Å². The number of rotatable bonds is 11. The van der Waals surface area contributed by atoms with E-state index in [-0.39, 0.29) is 0 Å². The number of hydrogen-bond acceptors (Lipinski definition) is 5. The number of nitrogens with zero attached hydrogens (tertiary/aromatic N) is 2. The molecule has 5 heteroatoms. The second kappa shape index (κ2) is 10.6. The van der Waals surface area contributed by atoms with Gasteiger partial charge in [-0.15, -0.1) is 0 Å². The molecule has 0 bridgehead atoms. The summed E-state index contributed by atoms with van der Waals surface area (Å²) in [4.78, 5) is 6.71. The van der Waals surface area contributed by atoms with Crippen molar-refractivity contribution in [1.82, 2.24) is 10.3 Å². The highest BCUT2D eigenvalue weighted by Gasteiger charge is 2.07. The van der Waals surface area contributed by atoms with Crippen LogP contribution in [0.25, 0.3) is 0 Å². The van der Waals surface area contributed by atoms with Gasteiger partial charge in [0.15, 0.2) is 0 Å². The molecule has 0 saturated heterocycles. The van der Waals surface area contributed by atoms with Gasteiger partial charge in [-0.3, -0.25) is 4.98 Å². The Morgan fingerprint density at radius 1 is 1.20 bits per heavy atom. The maximum absolute atomic E-state index is 5.19. The van der Waals surface area contributed by atoms with Gasteiger partial charge < -0.3 is 19.7 Å². The van der Waals surface area contributed by atoms with Crippen LogP contribution in [0.2, 0.25) is 0 Å². The fourth-order valence-corrected chi connectivity index (χ4v) is 1.98. The summed E-state index contributed by atoms with van der Waals surface area (Å²) in [6, 6.07) is 4.20. The predicted molar refractivity (Wildman–Crippen MR) is 82.2 cm³/mol. The second-order valence-electron chi connectivity index (χ2n) is 4.61. The average Bonchev–Trinajstić information content (AvgIpc) is 2.49. The molecule has 0 aliphatic heterocycles. The van der Waals surface area contributed by atoms with Crippen molar-refractivity contribution in [3.8, 4) is 0 Å². The largest absolute Gasteiger partial charge is 0.385 e. The van der Waals surface area contributed by atoms with E-state index in [1.54, 1.807) is 14.2 Å². The Bertz CT molecular complexity index is 361. The molecule has 0 unspecified atom stereocenters. The summed E-state index contributed by atoms with van der Waals surface area (Å²) in [5.74, 6) is 0. The van der Waals surface area contributed by atoms with E-state index < -0.39 is 0 Å². The Hall–Kier alpha value is -1.17. The molecule has 1 heterocycles. The van der Waals surface area contributed by atoms with Crippen LogP contribution in [-0.2, 0) is 16.0 Å². The topological polar surface area (TPSA) is 46.6 Å². The first-order chi connectivity index (χ1) is 9.81. The van der Waals surface area contributed by atoms with E-state index in [0.717, 1.165) is 51.5 Å². The molecule has 0 radical (unpaired) electrons. The minimum Gasteiger partial charge on any atom is -0.385 e. The van der Waals surface area contributed by atoms with Crippen LogP contribution in [0.3, 0.4) is 0 Å². The minimum atomic E-state index is 0.720. The van der Waals surface area contributed by atoms with E-state index in [0.29, 0.717) is 0 Å². The van der Waals surface area contributed by atoms with Gasteiger partial charge in [0.25, 0.3) is 0 Å². The zero-order valence-corrected chi connectivity index (χ0v) is 12.9. The molecule has 0 saturated carbocycles. The molecular weight excluding hydrogens is 254 g/mol. The molecule has 0 spiro atoms. The first-order valence-corrected chi connectivity index (χ1v) is 7.20. The average molecular weight is 281 g/mol. The molecule has 114 valence electrons. The molecule has 1 aromatic heterocycles. The SMILES string of the molecule is CCNCc1cc(N(CCCOC)CCOC)ccn1. The van der Waals surface area contributed by atoms with Gasteiger partial charge in [-0.1, -0.05) is 6.92 Å². The number of ether oxygens (including phenoxy) is 2. The number of methoxy groups -OCH3 is 2. The van der Waals surface area contributed by atoms with Crippen LogP contribution < -0.4 is 10.2 Å². The zero-order chi connectivity index (χ0) is 14.6. The van der Waals surface area contributed by atoms with Crippen molar-refractivity contribution in [2.24, 2.45) is 0 Å². The van der Waals surface area contributed by atoms with Gasteiger partial charge >= 0.3 is 0 Å². The van der Waals surface area contributed by atoms with Crippen molar-refractivity contribution >= 4 is 5.69 Å². The Balaban J connectivity index is 2.66. The Labute approximate surface area is 122 Å². The highest BCUT2D eigenvalue weighted by atomic mass is 16.5. The number of nitrogens with one attached hydrogen (secondary N) is 1. The molecule has 1 N–H and O–H groups in total. The summed E-state index contributed by atoms with van der Waals surface area (Å²) in [7, 11) is 3.47. The van der Waals surface area contributed by atoms with Crippen LogP contribution in [0.5, 0.6) is 0 Å². The fourth-order valence-electron chi connectivity index (χ4n) is 1.98. The van der Waals surface area contributed by atoms with Crippen molar-refractivity contribution in [3.05, 3.63) is 24.0 Å². The van der Waals surface area contributed by atoms with Gasteiger partial charge in [0.1, 0.15) is 0 Å². The molecule has 5 nitrogen and oxygen atoms in total. The van der Waals surface area contributed by atoms with Crippen LogP contribution in [0.4, 0.5) is 5.69 Å². The third-order valence-electron chi connectivity index (χ3n) is 3.06. The molecule has 0 atom stereocenters. The highest BCUT2D eigenvalue weighted by Crippen LogP contribution is 2.15. The number of pyridine rings is 1. The summed E-state index contributed by atoms with van der Waals surface area (Å²) >= 11 is 0. The molecule has 0 aromatic carbocycles. The summed E-state index contributed by atoms with van der Waals surface area (Å²) in [6.07, 6.45) is 2.88. The molecule has 20 heavy (non-hydrogen) atoms. The van der Waals surface area contributed by atoms with E-state index >= 15 is 0 Å². The lowest BCUT2D eigenvalue weighted by molar-refractivity contribution is 0.191. The van der Waals surface area contributed by atoms with E-state index in [2.05, 4.69) is 34.3 Å². The van der Waals surface area contributed by atoms with Gasteiger partial charge in [-0.2, -0.15) is 0 Å². The van der Waals surface area contributed by atoms with Crippen molar-refractivity contribution in [3.63, 3.8) is 0 Å². The van der Waals surface area contributed by atoms with Crippen LogP contribution >= 0.6 is 0 Å². The van der Waals surface area contributed by atoms with Gasteiger partial charge in [-0.25, -0.2) is 0 Å². The first kappa shape index (κ1) is 16.9. The van der Waals surface area contributed by atoms with Crippen molar-refractivity contribution < 1.29 is 9.47 Å². The summed E-state index contributed by atoms with van der Waals surface area (Å²) in [6.45, 7) is 7.19. The smallest absolute Gasteiger partial charge is 0.0637 e. The quantitative estimate of drug-likeness (QED) is 0.625. The normalized spacial score (nSPS) is 10.8. The van der Waals surface area contributed by atoms with Crippen molar-refractivity contribution in [2.45, 2.75) is 19.9 Å². The second-order valence-corrected chi connectivity index (χ2v) is 4.61. The third-order valence-corrected chi connectivity index (χ3v) is 3.06. The number of aromatic nitrogens is 1. The predicted octanol–water partition coefficient (Wildman–Crippen LogP) is 1.68. The molecule has 0 aliphatic carbocycles. The standard InChI is InChI=1S/C15H27N3O2/c1-4-16-13-14-12-15(6-7-17-14)18(9-11-20-3)8-5-10-19-2/h6-7,12,16H,4-5,8-11,13H2,1-3H3. The Kier molecular flexibility index (Phi) is 8.95. The molecule has 0 aliphatic rings. The number of anilines is 1. The molecular formula is C15H27N3O2. The highest BCUT2D eigenvalue weighted by molar-refractivity contribution is 5.46. The lowest BCUT2D eigenvalue weighted by Crippen LogP contribution is -2.29. The maximum Gasteiger partial charge on any atom is 0.0637 e. The van der Waals surface area contributed by atoms with Crippen LogP contribution in [0, 0.1) is 0 Å². The monoisotopic (exact) mass is 281 g/mol.